The van der Waals surface area contributed by atoms with E-state index in [-0.39, 0.29) is 5.69 Å². The second-order valence-electron chi connectivity index (χ2n) is 6.92. The molecule has 2 amide bonds. The number of halogens is 3. The summed E-state index contributed by atoms with van der Waals surface area (Å²) in [5.41, 5.74) is 2.43. The van der Waals surface area contributed by atoms with Crippen molar-refractivity contribution in [1.82, 2.24) is 5.43 Å². The molecule has 0 aliphatic heterocycles. The number of carbonyl (C=O) groups is 2. The van der Waals surface area contributed by atoms with Gasteiger partial charge < -0.3 is 14.8 Å². The van der Waals surface area contributed by atoms with Crippen molar-refractivity contribution in [2.45, 2.75) is 12.8 Å². The fourth-order valence-electron chi connectivity index (χ4n) is 2.80. The number of nitrogens with zero attached hydrogens (tertiary/aromatic N) is 1. The second kappa shape index (κ2) is 11.0. The van der Waals surface area contributed by atoms with Crippen molar-refractivity contribution in [2.75, 3.05) is 12.4 Å². The minimum atomic E-state index is -4.57. The minimum Gasteiger partial charge on any atom is -0.493 e. The van der Waals surface area contributed by atoms with Gasteiger partial charge in [0.25, 0.3) is 0 Å². The highest BCUT2D eigenvalue weighted by atomic mass is 19.4. The number of nitrogens with one attached hydrogen (secondary N) is 2. The van der Waals surface area contributed by atoms with Crippen LogP contribution in [-0.4, -0.2) is 25.1 Å². The van der Waals surface area contributed by atoms with Gasteiger partial charge in [0.1, 0.15) is 6.61 Å². The number of rotatable bonds is 7. The number of amides is 2. The Morgan fingerprint density at radius 1 is 0.941 bits per heavy atom. The SMILES string of the molecule is COc1cc(/C=N/NC(=O)C(=O)Nc2cccc(C(F)(F)F)c2)ccc1OCc1ccccc1. The minimum absolute atomic E-state index is 0.171. The van der Waals surface area contributed by atoms with Crippen molar-refractivity contribution in [3.63, 3.8) is 0 Å². The van der Waals surface area contributed by atoms with Crippen LogP contribution in [0.5, 0.6) is 11.5 Å². The Balaban J connectivity index is 1.56. The van der Waals surface area contributed by atoms with E-state index in [0.29, 0.717) is 23.7 Å². The first kappa shape index (κ1) is 24.3. The molecule has 0 aromatic heterocycles. The molecule has 7 nitrogen and oxygen atoms in total. The molecule has 2 N–H and O–H groups in total. The Hall–Kier alpha value is -4.34. The lowest BCUT2D eigenvalue weighted by Crippen LogP contribution is -2.32. The van der Waals surface area contributed by atoms with E-state index in [1.807, 2.05) is 35.8 Å². The van der Waals surface area contributed by atoms with Crippen LogP contribution in [0.2, 0.25) is 0 Å². The molecule has 3 aromatic rings. The Morgan fingerprint density at radius 2 is 1.71 bits per heavy atom. The van der Waals surface area contributed by atoms with Crippen molar-refractivity contribution in [2.24, 2.45) is 5.10 Å². The molecule has 0 spiro atoms. The van der Waals surface area contributed by atoms with Gasteiger partial charge in [0.05, 0.1) is 18.9 Å². The van der Waals surface area contributed by atoms with Gasteiger partial charge in [-0.1, -0.05) is 36.4 Å². The second-order valence-corrected chi connectivity index (χ2v) is 6.92. The average molecular weight is 471 g/mol. The highest BCUT2D eigenvalue weighted by Gasteiger charge is 2.30. The van der Waals surface area contributed by atoms with Crippen molar-refractivity contribution in [3.05, 3.63) is 89.5 Å². The van der Waals surface area contributed by atoms with Crippen LogP contribution in [0, 0.1) is 0 Å². The fourth-order valence-corrected chi connectivity index (χ4v) is 2.80. The highest BCUT2D eigenvalue weighted by molar-refractivity contribution is 6.39. The summed E-state index contributed by atoms with van der Waals surface area (Å²) in [6.07, 6.45) is -3.30. The first-order chi connectivity index (χ1) is 16.3. The molecule has 0 unspecified atom stereocenters. The first-order valence-electron chi connectivity index (χ1n) is 9.92. The molecule has 34 heavy (non-hydrogen) atoms. The van der Waals surface area contributed by atoms with Crippen LogP contribution in [0.1, 0.15) is 16.7 Å². The molecule has 0 saturated carbocycles. The summed E-state index contributed by atoms with van der Waals surface area (Å²) < 4.78 is 49.4. The van der Waals surface area contributed by atoms with Gasteiger partial charge in [-0.3, -0.25) is 9.59 Å². The number of carbonyl (C=O) groups excluding carboxylic acids is 2. The maximum Gasteiger partial charge on any atom is 0.416 e. The van der Waals surface area contributed by atoms with E-state index in [9.17, 15) is 22.8 Å². The van der Waals surface area contributed by atoms with Gasteiger partial charge in [-0.15, -0.1) is 0 Å². The van der Waals surface area contributed by atoms with Gasteiger partial charge in [-0.05, 0) is 47.5 Å². The van der Waals surface area contributed by atoms with E-state index < -0.39 is 23.6 Å². The summed E-state index contributed by atoms with van der Waals surface area (Å²) in [5.74, 6) is -1.37. The lowest BCUT2D eigenvalue weighted by atomic mass is 10.2. The maximum absolute atomic E-state index is 12.8. The van der Waals surface area contributed by atoms with Gasteiger partial charge >= 0.3 is 18.0 Å². The molecular formula is C24H20F3N3O4. The van der Waals surface area contributed by atoms with Crippen LogP contribution in [0.25, 0.3) is 0 Å². The predicted molar refractivity (Wildman–Crippen MR) is 120 cm³/mol. The average Bonchev–Trinajstić information content (AvgIpc) is 2.83. The number of hydrogen-bond donors (Lipinski definition) is 2. The van der Waals surface area contributed by atoms with Crippen molar-refractivity contribution < 1.29 is 32.2 Å². The fraction of sp³-hybridized carbons (Fsp3) is 0.125. The van der Waals surface area contributed by atoms with Crippen LogP contribution in [0.3, 0.4) is 0 Å². The Morgan fingerprint density at radius 3 is 2.41 bits per heavy atom. The van der Waals surface area contributed by atoms with Crippen LogP contribution < -0.4 is 20.2 Å². The molecule has 0 aliphatic carbocycles. The molecular weight excluding hydrogens is 451 g/mol. The largest absolute Gasteiger partial charge is 0.493 e. The van der Waals surface area contributed by atoms with Crippen molar-refractivity contribution in [1.29, 1.82) is 0 Å². The van der Waals surface area contributed by atoms with E-state index in [2.05, 4.69) is 10.4 Å². The predicted octanol–water partition coefficient (Wildman–Crippen LogP) is 4.38. The number of alkyl halides is 3. The monoisotopic (exact) mass is 471 g/mol. The van der Waals surface area contributed by atoms with Gasteiger partial charge in [0.2, 0.25) is 0 Å². The van der Waals surface area contributed by atoms with Crippen LogP contribution >= 0.6 is 0 Å². The summed E-state index contributed by atoms with van der Waals surface area (Å²) in [7, 11) is 1.48. The number of methoxy groups -OCH3 is 1. The number of hydrogen-bond acceptors (Lipinski definition) is 5. The van der Waals surface area contributed by atoms with Gasteiger partial charge in [-0.25, -0.2) is 5.43 Å². The highest BCUT2D eigenvalue weighted by Crippen LogP contribution is 2.31. The quantitative estimate of drug-likeness (QED) is 0.304. The summed E-state index contributed by atoms with van der Waals surface area (Å²) in [6.45, 7) is 0.349. The zero-order valence-corrected chi connectivity index (χ0v) is 17.9. The van der Waals surface area contributed by atoms with E-state index in [1.54, 1.807) is 18.2 Å². The normalized spacial score (nSPS) is 11.2. The molecule has 10 heteroatoms. The third-order valence-electron chi connectivity index (χ3n) is 4.46. The van der Waals surface area contributed by atoms with Gasteiger partial charge in [0.15, 0.2) is 11.5 Å². The Bertz CT molecular complexity index is 1180. The number of benzene rings is 3. The lowest BCUT2D eigenvalue weighted by molar-refractivity contribution is -0.137. The number of ether oxygens (including phenoxy) is 2. The lowest BCUT2D eigenvalue weighted by Gasteiger charge is -2.11. The molecule has 0 radical (unpaired) electrons. The third-order valence-corrected chi connectivity index (χ3v) is 4.46. The summed E-state index contributed by atoms with van der Waals surface area (Å²) >= 11 is 0. The Kier molecular flexibility index (Phi) is 7.86. The summed E-state index contributed by atoms with van der Waals surface area (Å²) in [4.78, 5) is 23.8. The van der Waals surface area contributed by atoms with Gasteiger partial charge in [-0.2, -0.15) is 18.3 Å². The van der Waals surface area contributed by atoms with E-state index in [1.165, 1.54) is 19.4 Å². The van der Waals surface area contributed by atoms with Crippen LogP contribution in [-0.2, 0) is 22.4 Å². The zero-order valence-electron chi connectivity index (χ0n) is 17.9. The topological polar surface area (TPSA) is 89.0 Å². The summed E-state index contributed by atoms with van der Waals surface area (Å²) in [5, 5.41) is 5.79. The molecule has 0 heterocycles. The smallest absolute Gasteiger partial charge is 0.416 e. The van der Waals surface area contributed by atoms with E-state index in [0.717, 1.165) is 23.8 Å². The molecule has 0 saturated heterocycles. The standard InChI is InChI=1S/C24H20F3N3O4/c1-33-21-12-17(10-11-20(21)34-15-16-6-3-2-4-7-16)14-28-30-23(32)22(31)29-19-9-5-8-18(13-19)24(25,26)27/h2-14H,15H2,1H3,(H,29,31)(H,30,32)/b28-14+. The molecule has 0 aliphatic rings. The van der Waals surface area contributed by atoms with E-state index in [4.69, 9.17) is 9.47 Å². The van der Waals surface area contributed by atoms with Crippen molar-refractivity contribution in [3.8, 4) is 11.5 Å². The Labute approximate surface area is 193 Å². The van der Waals surface area contributed by atoms with E-state index >= 15 is 0 Å². The van der Waals surface area contributed by atoms with Crippen LogP contribution in [0.15, 0.2) is 77.9 Å². The maximum atomic E-state index is 12.8. The zero-order chi connectivity index (χ0) is 24.6. The first-order valence-corrected chi connectivity index (χ1v) is 9.92. The molecule has 0 atom stereocenters. The van der Waals surface area contributed by atoms with Gasteiger partial charge in [0, 0.05) is 5.69 Å². The molecule has 3 rings (SSSR count). The molecule has 0 fully saturated rings. The summed E-state index contributed by atoms with van der Waals surface area (Å²) in [6, 6.07) is 18.5. The number of anilines is 1. The van der Waals surface area contributed by atoms with Crippen molar-refractivity contribution >= 4 is 23.7 Å². The molecule has 176 valence electrons. The molecule has 0 bridgehead atoms. The molecule has 3 aromatic carbocycles. The van der Waals surface area contributed by atoms with Crippen LogP contribution in [0.4, 0.5) is 18.9 Å². The number of hydrazone groups is 1. The third kappa shape index (κ3) is 6.83.